The third-order valence-corrected chi connectivity index (χ3v) is 4.19. The van der Waals surface area contributed by atoms with E-state index in [0.29, 0.717) is 5.92 Å². The zero-order valence-electron chi connectivity index (χ0n) is 10.9. The molecule has 0 amide bonds. The van der Waals surface area contributed by atoms with Crippen molar-refractivity contribution >= 4 is 16.7 Å². The smallest absolute Gasteiger partial charge is 0.202 e. The quantitative estimate of drug-likeness (QED) is 0.777. The Bertz CT molecular complexity index is 329. The molecule has 1 saturated carbocycles. The number of rotatable bonds is 6. The van der Waals surface area contributed by atoms with Gasteiger partial charge in [-0.1, -0.05) is 39.5 Å². The van der Waals surface area contributed by atoms with Crippen molar-refractivity contribution in [2.24, 2.45) is 5.92 Å². The first-order valence-electron chi connectivity index (χ1n) is 6.83. The van der Waals surface area contributed by atoms with Crippen LogP contribution in [0.5, 0.6) is 0 Å². The van der Waals surface area contributed by atoms with E-state index in [2.05, 4.69) is 28.5 Å². The van der Waals surface area contributed by atoms with Gasteiger partial charge >= 0.3 is 0 Å². The van der Waals surface area contributed by atoms with Crippen LogP contribution in [0.4, 0.5) is 5.13 Å². The molecular weight excluding hydrogens is 230 g/mol. The van der Waals surface area contributed by atoms with Crippen molar-refractivity contribution in [2.75, 3.05) is 11.9 Å². The van der Waals surface area contributed by atoms with Crippen LogP contribution in [0.3, 0.4) is 0 Å². The highest BCUT2D eigenvalue weighted by Gasteiger charge is 2.14. The van der Waals surface area contributed by atoms with Crippen LogP contribution >= 0.6 is 11.5 Å². The van der Waals surface area contributed by atoms with Gasteiger partial charge in [-0.15, -0.1) is 0 Å². The predicted octanol–water partition coefficient (Wildman–Crippen LogP) is 4.04. The standard InChI is InChI=1S/C13H23N3S/c1-10(2)12-15-13(17-16-12)14-9-5-8-11-6-3-4-7-11/h10-11H,3-9H2,1-2H3,(H,14,15,16). The number of aromatic nitrogens is 2. The topological polar surface area (TPSA) is 37.8 Å². The lowest BCUT2D eigenvalue weighted by Crippen LogP contribution is -2.04. The molecule has 0 aromatic carbocycles. The van der Waals surface area contributed by atoms with Crippen LogP contribution < -0.4 is 5.32 Å². The average molecular weight is 253 g/mol. The van der Waals surface area contributed by atoms with Gasteiger partial charge in [0, 0.05) is 24.0 Å². The Morgan fingerprint density at radius 3 is 2.76 bits per heavy atom. The number of hydrogen-bond donors (Lipinski definition) is 1. The summed E-state index contributed by atoms with van der Waals surface area (Å²) >= 11 is 1.49. The van der Waals surface area contributed by atoms with Crippen molar-refractivity contribution in [1.29, 1.82) is 0 Å². The van der Waals surface area contributed by atoms with E-state index in [9.17, 15) is 0 Å². The van der Waals surface area contributed by atoms with Gasteiger partial charge in [0.15, 0.2) is 0 Å². The summed E-state index contributed by atoms with van der Waals surface area (Å²) in [6, 6.07) is 0. The van der Waals surface area contributed by atoms with Crippen molar-refractivity contribution in [3.63, 3.8) is 0 Å². The van der Waals surface area contributed by atoms with E-state index in [1.165, 1.54) is 50.1 Å². The minimum absolute atomic E-state index is 0.431. The molecule has 17 heavy (non-hydrogen) atoms. The number of hydrogen-bond acceptors (Lipinski definition) is 4. The number of anilines is 1. The molecule has 96 valence electrons. The monoisotopic (exact) mass is 253 g/mol. The van der Waals surface area contributed by atoms with Crippen LogP contribution in [-0.4, -0.2) is 15.9 Å². The fourth-order valence-electron chi connectivity index (χ4n) is 2.43. The molecule has 0 atom stereocenters. The summed E-state index contributed by atoms with van der Waals surface area (Å²) in [6.07, 6.45) is 8.45. The zero-order chi connectivity index (χ0) is 12.1. The Morgan fingerprint density at radius 1 is 1.35 bits per heavy atom. The maximum atomic E-state index is 4.48. The van der Waals surface area contributed by atoms with Crippen LogP contribution in [0.15, 0.2) is 0 Å². The fraction of sp³-hybridized carbons (Fsp3) is 0.846. The molecule has 1 aliphatic carbocycles. The molecule has 0 spiro atoms. The van der Waals surface area contributed by atoms with Crippen LogP contribution in [0.2, 0.25) is 0 Å². The Balaban J connectivity index is 1.63. The predicted molar refractivity (Wildman–Crippen MR) is 73.7 cm³/mol. The minimum Gasteiger partial charge on any atom is -0.360 e. The molecular formula is C13H23N3S. The van der Waals surface area contributed by atoms with Gasteiger partial charge in [0.05, 0.1) is 0 Å². The van der Waals surface area contributed by atoms with Crippen molar-refractivity contribution in [3.05, 3.63) is 5.82 Å². The Morgan fingerprint density at radius 2 is 2.12 bits per heavy atom. The maximum absolute atomic E-state index is 4.48. The second kappa shape index (κ2) is 6.34. The Labute approximate surface area is 108 Å². The van der Waals surface area contributed by atoms with Gasteiger partial charge in [0.2, 0.25) is 5.13 Å². The number of nitrogens with one attached hydrogen (secondary N) is 1. The highest BCUT2D eigenvalue weighted by Crippen LogP contribution is 2.28. The third-order valence-electron chi connectivity index (χ3n) is 3.50. The molecule has 1 aromatic heterocycles. The lowest BCUT2D eigenvalue weighted by atomic mass is 10.0. The van der Waals surface area contributed by atoms with Crippen molar-refractivity contribution in [2.45, 2.75) is 58.3 Å². The maximum Gasteiger partial charge on any atom is 0.202 e. The van der Waals surface area contributed by atoms with Gasteiger partial charge in [0.25, 0.3) is 0 Å². The lowest BCUT2D eigenvalue weighted by molar-refractivity contribution is 0.491. The Hall–Kier alpha value is -0.640. The van der Waals surface area contributed by atoms with Crippen LogP contribution in [0.1, 0.15) is 64.1 Å². The third kappa shape index (κ3) is 3.95. The van der Waals surface area contributed by atoms with E-state index < -0.39 is 0 Å². The summed E-state index contributed by atoms with van der Waals surface area (Å²) in [5.74, 6) is 2.39. The molecule has 1 heterocycles. The van der Waals surface area contributed by atoms with Gasteiger partial charge in [0.1, 0.15) is 5.82 Å². The fourth-order valence-corrected chi connectivity index (χ4v) is 3.16. The highest BCUT2D eigenvalue weighted by molar-refractivity contribution is 7.09. The van der Waals surface area contributed by atoms with Crippen LogP contribution in [-0.2, 0) is 0 Å². The number of nitrogens with zero attached hydrogens (tertiary/aromatic N) is 2. The van der Waals surface area contributed by atoms with E-state index in [0.717, 1.165) is 23.4 Å². The molecule has 1 aliphatic rings. The second-order valence-corrected chi connectivity index (χ2v) is 6.08. The van der Waals surface area contributed by atoms with Crippen LogP contribution in [0, 0.1) is 5.92 Å². The van der Waals surface area contributed by atoms with Gasteiger partial charge in [-0.3, -0.25) is 0 Å². The molecule has 0 saturated heterocycles. The molecule has 2 rings (SSSR count). The summed E-state index contributed by atoms with van der Waals surface area (Å²) in [6.45, 7) is 5.31. The van der Waals surface area contributed by atoms with Crippen molar-refractivity contribution in [3.8, 4) is 0 Å². The van der Waals surface area contributed by atoms with Gasteiger partial charge in [-0.05, 0) is 18.8 Å². The average Bonchev–Trinajstić information content (AvgIpc) is 2.96. The molecule has 0 unspecified atom stereocenters. The highest BCUT2D eigenvalue weighted by atomic mass is 32.1. The van der Waals surface area contributed by atoms with Crippen LogP contribution in [0.25, 0.3) is 0 Å². The SMILES string of the molecule is CC(C)c1nsc(NCCCC2CCCC2)n1. The first-order chi connectivity index (χ1) is 8.25. The zero-order valence-corrected chi connectivity index (χ0v) is 11.7. The van der Waals surface area contributed by atoms with Gasteiger partial charge in [-0.25, -0.2) is 4.98 Å². The molecule has 1 fully saturated rings. The molecule has 4 heteroatoms. The summed E-state index contributed by atoms with van der Waals surface area (Å²) in [4.78, 5) is 4.48. The van der Waals surface area contributed by atoms with E-state index in [-0.39, 0.29) is 0 Å². The molecule has 1 aromatic rings. The summed E-state index contributed by atoms with van der Waals surface area (Å²) in [5, 5.41) is 4.38. The summed E-state index contributed by atoms with van der Waals surface area (Å²) in [5.41, 5.74) is 0. The molecule has 0 bridgehead atoms. The normalized spacial score (nSPS) is 16.9. The van der Waals surface area contributed by atoms with E-state index in [4.69, 9.17) is 0 Å². The first-order valence-corrected chi connectivity index (χ1v) is 7.60. The summed E-state index contributed by atoms with van der Waals surface area (Å²) in [7, 11) is 0. The first kappa shape index (κ1) is 12.8. The summed E-state index contributed by atoms with van der Waals surface area (Å²) < 4.78 is 4.34. The minimum atomic E-state index is 0.431. The van der Waals surface area contributed by atoms with Gasteiger partial charge in [-0.2, -0.15) is 4.37 Å². The second-order valence-electron chi connectivity index (χ2n) is 5.33. The van der Waals surface area contributed by atoms with Gasteiger partial charge < -0.3 is 5.32 Å². The largest absolute Gasteiger partial charge is 0.360 e. The molecule has 1 N–H and O–H groups in total. The molecule has 0 aliphatic heterocycles. The Kier molecular flexibility index (Phi) is 4.77. The molecule has 0 radical (unpaired) electrons. The van der Waals surface area contributed by atoms with E-state index >= 15 is 0 Å². The van der Waals surface area contributed by atoms with E-state index in [1.807, 2.05) is 0 Å². The van der Waals surface area contributed by atoms with Crippen molar-refractivity contribution in [1.82, 2.24) is 9.36 Å². The van der Waals surface area contributed by atoms with E-state index in [1.54, 1.807) is 0 Å². The van der Waals surface area contributed by atoms with Crippen molar-refractivity contribution < 1.29 is 0 Å². The lowest BCUT2D eigenvalue weighted by Gasteiger charge is -2.08. The molecule has 3 nitrogen and oxygen atoms in total.